The molecule has 0 spiro atoms. The third-order valence-corrected chi connectivity index (χ3v) is 3.49. The van der Waals surface area contributed by atoms with Crippen LogP contribution in [-0.2, 0) is 13.5 Å². The molecule has 0 amide bonds. The summed E-state index contributed by atoms with van der Waals surface area (Å²) in [5, 5.41) is 9.58. The first-order valence-electron chi connectivity index (χ1n) is 5.46. The van der Waals surface area contributed by atoms with Crippen LogP contribution in [0.2, 0.25) is 0 Å². The lowest BCUT2D eigenvalue weighted by atomic mass is 10.3. The fraction of sp³-hybridized carbons (Fsp3) is 0.250. The Balaban J connectivity index is 1.99. The van der Waals surface area contributed by atoms with Crippen molar-refractivity contribution in [3.63, 3.8) is 0 Å². The minimum atomic E-state index is -0.942. The van der Waals surface area contributed by atoms with E-state index in [1.165, 1.54) is 11.8 Å². The topological polar surface area (TPSA) is 68.0 Å². The van der Waals surface area contributed by atoms with E-state index in [9.17, 15) is 4.79 Å². The third-order valence-electron chi connectivity index (χ3n) is 2.49. The van der Waals surface area contributed by atoms with Gasteiger partial charge in [-0.2, -0.15) is 0 Å². The Morgan fingerprint density at radius 1 is 1.44 bits per heavy atom. The Morgan fingerprint density at radius 3 is 2.94 bits per heavy atom. The largest absolute Gasteiger partial charge is 0.478 e. The van der Waals surface area contributed by atoms with Crippen molar-refractivity contribution in [1.29, 1.82) is 0 Å². The van der Waals surface area contributed by atoms with Gasteiger partial charge in [-0.3, -0.25) is 0 Å². The summed E-state index contributed by atoms with van der Waals surface area (Å²) in [6, 6.07) is 3.20. The molecule has 0 aromatic carbocycles. The number of aryl methyl sites for hydroxylation is 2. The van der Waals surface area contributed by atoms with Crippen molar-refractivity contribution in [2.75, 3.05) is 5.75 Å². The summed E-state index contributed by atoms with van der Waals surface area (Å²) >= 11 is 1.44. The van der Waals surface area contributed by atoms with E-state index in [0.29, 0.717) is 5.03 Å². The number of carbonyl (C=O) groups is 1. The van der Waals surface area contributed by atoms with Gasteiger partial charge in [-0.15, -0.1) is 11.8 Å². The highest BCUT2D eigenvalue weighted by Gasteiger charge is 2.11. The number of rotatable bonds is 5. The van der Waals surface area contributed by atoms with Crippen LogP contribution in [0, 0.1) is 0 Å². The third kappa shape index (κ3) is 2.89. The maximum absolute atomic E-state index is 11.0. The van der Waals surface area contributed by atoms with E-state index in [4.69, 9.17) is 5.11 Å². The molecule has 1 N–H and O–H groups in total. The molecule has 5 nitrogen and oxygen atoms in total. The second kappa shape index (κ2) is 5.68. The molecule has 2 rings (SSSR count). The van der Waals surface area contributed by atoms with Crippen LogP contribution in [0.25, 0.3) is 0 Å². The predicted octanol–water partition coefficient (Wildman–Crippen LogP) is 1.85. The van der Waals surface area contributed by atoms with Crippen LogP contribution in [0.4, 0.5) is 0 Å². The summed E-state index contributed by atoms with van der Waals surface area (Å²) in [6.07, 6.45) is 6.03. The molecule has 0 fully saturated rings. The summed E-state index contributed by atoms with van der Waals surface area (Å²) in [7, 11) is 1.94. The molecule has 0 saturated heterocycles. The number of aromatic carboxylic acids is 1. The summed E-state index contributed by atoms with van der Waals surface area (Å²) < 4.78 is 1.96. The van der Waals surface area contributed by atoms with Gasteiger partial charge in [-0.25, -0.2) is 14.8 Å². The van der Waals surface area contributed by atoms with Crippen molar-refractivity contribution in [2.24, 2.45) is 7.05 Å². The molecule has 0 saturated carbocycles. The highest BCUT2D eigenvalue weighted by molar-refractivity contribution is 7.99. The Morgan fingerprint density at radius 2 is 2.28 bits per heavy atom. The number of imidazole rings is 1. The molecular formula is C12H13N3O2S. The van der Waals surface area contributed by atoms with E-state index in [0.717, 1.165) is 18.0 Å². The molecule has 0 aliphatic heterocycles. The Hall–Kier alpha value is -1.82. The van der Waals surface area contributed by atoms with Crippen molar-refractivity contribution >= 4 is 17.7 Å². The number of hydrogen-bond donors (Lipinski definition) is 1. The van der Waals surface area contributed by atoms with E-state index in [2.05, 4.69) is 9.97 Å². The first kappa shape index (κ1) is 12.6. The highest BCUT2D eigenvalue weighted by Crippen LogP contribution is 2.20. The van der Waals surface area contributed by atoms with Crippen LogP contribution in [0.1, 0.15) is 16.2 Å². The maximum atomic E-state index is 11.0. The van der Waals surface area contributed by atoms with Gasteiger partial charge in [0.05, 0.1) is 5.56 Å². The molecule has 6 heteroatoms. The van der Waals surface area contributed by atoms with Gasteiger partial charge in [0, 0.05) is 37.8 Å². The van der Waals surface area contributed by atoms with Crippen molar-refractivity contribution in [3.8, 4) is 0 Å². The predicted molar refractivity (Wildman–Crippen MR) is 68.8 cm³/mol. The van der Waals surface area contributed by atoms with Gasteiger partial charge < -0.3 is 9.67 Å². The Labute approximate surface area is 109 Å². The van der Waals surface area contributed by atoms with E-state index >= 15 is 0 Å². The number of hydrogen-bond acceptors (Lipinski definition) is 4. The zero-order chi connectivity index (χ0) is 13.0. The quantitative estimate of drug-likeness (QED) is 0.834. The Bertz CT molecular complexity index is 554. The van der Waals surface area contributed by atoms with Crippen LogP contribution in [0.5, 0.6) is 0 Å². The SMILES string of the molecule is Cn1ccnc1CCSc1ncccc1C(=O)O. The van der Waals surface area contributed by atoms with E-state index in [1.807, 2.05) is 17.8 Å². The van der Waals surface area contributed by atoms with Gasteiger partial charge in [-0.1, -0.05) is 0 Å². The summed E-state index contributed by atoms with van der Waals surface area (Å²) in [5.41, 5.74) is 0.252. The van der Waals surface area contributed by atoms with Crippen molar-refractivity contribution in [3.05, 3.63) is 42.1 Å². The summed E-state index contributed by atoms with van der Waals surface area (Å²) in [5.74, 6) is 0.792. The molecular weight excluding hydrogens is 250 g/mol. The lowest BCUT2D eigenvalue weighted by Gasteiger charge is -2.04. The average molecular weight is 263 g/mol. The molecule has 2 aromatic rings. The van der Waals surface area contributed by atoms with Crippen LogP contribution in [0.3, 0.4) is 0 Å². The standard InChI is InChI=1S/C12H13N3O2S/c1-15-7-6-13-10(15)4-8-18-11-9(12(16)17)3-2-5-14-11/h2-3,5-7H,4,8H2,1H3,(H,16,17). The molecule has 2 heterocycles. The monoisotopic (exact) mass is 263 g/mol. The zero-order valence-corrected chi connectivity index (χ0v) is 10.7. The van der Waals surface area contributed by atoms with E-state index < -0.39 is 5.97 Å². The molecule has 0 bridgehead atoms. The minimum absolute atomic E-state index is 0.252. The highest BCUT2D eigenvalue weighted by atomic mass is 32.2. The van der Waals surface area contributed by atoms with Gasteiger partial charge in [-0.05, 0) is 12.1 Å². The van der Waals surface area contributed by atoms with E-state index in [1.54, 1.807) is 24.5 Å². The number of thioether (sulfide) groups is 1. The number of nitrogens with zero attached hydrogens (tertiary/aromatic N) is 3. The van der Waals surface area contributed by atoms with Crippen molar-refractivity contribution in [1.82, 2.24) is 14.5 Å². The minimum Gasteiger partial charge on any atom is -0.478 e. The molecule has 0 radical (unpaired) electrons. The molecule has 94 valence electrons. The number of carboxylic acid groups (broad SMARTS) is 1. The van der Waals surface area contributed by atoms with Gasteiger partial charge in [0.25, 0.3) is 0 Å². The molecule has 18 heavy (non-hydrogen) atoms. The van der Waals surface area contributed by atoms with Crippen molar-refractivity contribution < 1.29 is 9.90 Å². The second-order valence-corrected chi connectivity index (χ2v) is 4.80. The van der Waals surface area contributed by atoms with Crippen LogP contribution < -0.4 is 0 Å². The number of aromatic nitrogens is 3. The number of pyridine rings is 1. The fourth-order valence-electron chi connectivity index (χ4n) is 1.54. The summed E-state index contributed by atoms with van der Waals surface area (Å²) in [4.78, 5) is 19.3. The maximum Gasteiger partial charge on any atom is 0.338 e. The fourth-order valence-corrected chi connectivity index (χ4v) is 2.47. The van der Waals surface area contributed by atoms with Crippen LogP contribution in [0.15, 0.2) is 35.7 Å². The summed E-state index contributed by atoms with van der Waals surface area (Å²) in [6.45, 7) is 0. The van der Waals surface area contributed by atoms with Gasteiger partial charge in [0.15, 0.2) is 0 Å². The lowest BCUT2D eigenvalue weighted by Crippen LogP contribution is -2.02. The molecule has 0 aliphatic rings. The molecule has 0 aliphatic carbocycles. The molecule has 0 atom stereocenters. The first-order valence-corrected chi connectivity index (χ1v) is 6.44. The molecule has 0 unspecified atom stereocenters. The van der Waals surface area contributed by atoms with Gasteiger partial charge in [0.1, 0.15) is 10.9 Å². The van der Waals surface area contributed by atoms with Gasteiger partial charge >= 0.3 is 5.97 Å². The van der Waals surface area contributed by atoms with Gasteiger partial charge in [0.2, 0.25) is 0 Å². The lowest BCUT2D eigenvalue weighted by molar-refractivity contribution is 0.0692. The smallest absolute Gasteiger partial charge is 0.338 e. The number of carboxylic acids is 1. The van der Waals surface area contributed by atoms with Crippen LogP contribution in [-0.4, -0.2) is 31.4 Å². The molecule has 2 aromatic heterocycles. The van der Waals surface area contributed by atoms with Crippen LogP contribution >= 0.6 is 11.8 Å². The zero-order valence-electron chi connectivity index (χ0n) is 9.91. The normalized spacial score (nSPS) is 10.5. The average Bonchev–Trinajstić information content (AvgIpc) is 2.76. The van der Waals surface area contributed by atoms with E-state index in [-0.39, 0.29) is 5.56 Å². The Kier molecular flexibility index (Phi) is 3.99. The first-order chi connectivity index (χ1) is 8.68. The second-order valence-electron chi connectivity index (χ2n) is 3.71. The van der Waals surface area contributed by atoms with Crippen molar-refractivity contribution in [2.45, 2.75) is 11.4 Å².